The fourth-order valence-electron chi connectivity index (χ4n) is 5.21. The highest BCUT2D eigenvalue weighted by Crippen LogP contribution is 2.30. The number of nitrogens with zero attached hydrogens (tertiary/aromatic N) is 2. The predicted molar refractivity (Wildman–Crippen MR) is 141 cm³/mol. The normalized spacial score (nSPS) is 21.3. The minimum absolute atomic E-state index is 0.00719. The first kappa shape index (κ1) is 26.2. The zero-order chi connectivity index (χ0) is 25.4. The van der Waals surface area contributed by atoms with E-state index in [0.29, 0.717) is 51.4 Å². The number of hydrogen-bond donors (Lipinski definition) is 0. The number of aryl methyl sites for hydroxylation is 2. The van der Waals surface area contributed by atoms with Gasteiger partial charge in [-0.15, -0.1) is 0 Å². The van der Waals surface area contributed by atoms with Crippen molar-refractivity contribution in [3.05, 3.63) is 65.2 Å². The third-order valence-electron chi connectivity index (χ3n) is 7.41. The van der Waals surface area contributed by atoms with E-state index < -0.39 is 5.60 Å². The first-order valence-electron chi connectivity index (χ1n) is 13.6. The van der Waals surface area contributed by atoms with Crippen LogP contribution >= 0.6 is 0 Å². The number of ether oxygens (including phenoxy) is 2. The number of carbonyl (C=O) groups is 2. The van der Waals surface area contributed by atoms with Gasteiger partial charge in [-0.3, -0.25) is 9.59 Å². The van der Waals surface area contributed by atoms with E-state index in [4.69, 9.17) is 9.47 Å². The Morgan fingerprint density at radius 1 is 1.00 bits per heavy atom. The van der Waals surface area contributed by atoms with E-state index in [1.807, 2.05) is 52.3 Å². The first-order valence-corrected chi connectivity index (χ1v) is 13.6. The third-order valence-corrected chi connectivity index (χ3v) is 7.41. The lowest BCUT2D eigenvalue weighted by atomic mass is 9.90. The maximum atomic E-state index is 14.1. The Bertz CT molecular complexity index is 1020. The second-order valence-electron chi connectivity index (χ2n) is 9.93. The second-order valence-corrected chi connectivity index (χ2v) is 9.93. The van der Waals surface area contributed by atoms with Crippen molar-refractivity contribution >= 4 is 11.8 Å². The third kappa shape index (κ3) is 6.09. The molecule has 0 bridgehead atoms. The molecule has 194 valence electrons. The highest BCUT2D eigenvalue weighted by molar-refractivity contribution is 5.95. The van der Waals surface area contributed by atoms with Gasteiger partial charge < -0.3 is 19.3 Å². The van der Waals surface area contributed by atoms with Crippen LogP contribution in [0.2, 0.25) is 0 Å². The number of unbranched alkanes of at least 4 members (excludes halogenated alkanes) is 1. The van der Waals surface area contributed by atoms with E-state index in [1.54, 1.807) is 0 Å². The van der Waals surface area contributed by atoms with Gasteiger partial charge in [-0.25, -0.2) is 0 Å². The van der Waals surface area contributed by atoms with Gasteiger partial charge in [0.15, 0.2) is 5.60 Å². The molecular weight excluding hydrogens is 452 g/mol. The Morgan fingerprint density at radius 2 is 1.81 bits per heavy atom. The highest BCUT2D eigenvalue weighted by atomic mass is 16.5. The summed E-state index contributed by atoms with van der Waals surface area (Å²) in [6, 6.07) is 16.0. The van der Waals surface area contributed by atoms with Gasteiger partial charge in [0.2, 0.25) is 0 Å². The smallest absolute Gasteiger partial charge is 0.256 e. The summed E-state index contributed by atoms with van der Waals surface area (Å²) in [5, 5.41) is 0. The van der Waals surface area contributed by atoms with E-state index in [0.717, 1.165) is 44.3 Å². The average Bonchev–Trinajstić information content (AvgIpc) is 2.92. The van der Waals surface area contributed by atoms with E-state index in [2.05, 4.69) is 19.9 Å². The zero-order valence-corrected chi connectivity index (χ0v) is 21.8. The molecule has 0 N–H and O–H groups in total. The summed E-state index contributed by atoms with van der Waals surface area (Å²) >= 11 is 0. The molecule has 36 heavy (non-hydrogen) atoms. The van der Waals surface area contributed by atoms with Crippen LogP contribution < -0.4 is 4.74 Å². The molecule has 4 rings (SSSR count). The molecule has 2 aliphatic rings. The van der Waals surface area contributed by atoms with Crippen LogP contribution in [0.4, 0.5) is 0 Å². The van der Waals surface area contributed by atoms with Gasteiger partial charge in [-0.05, 0) is 67.9 Å². The van der Waals surface area contributed by atoms with Gasteiger partial charge in [-0.2, -0.15) is 0 Å². The summed E-state index contributed by atoms with van der Waals surface area (Å²) in [6.45, 7) is 6.99. The molecule has 1 fully saturated rings. The lowest BCUT2D eigenvalue weighted by Gasteiger charge is -2.44. The van der Waals surface area contributed by atoms with E-state index in [1.165, 1.54) is 11.1 Å². The van der Waals surface area contributed by atoms with Crippen molar-refractivity contribution in [3.8, 4) is 5.75 Å². The lowest BCUT2D eigenvalue weighted by molar-refractivity contribution is -0.170. The lowest BCUT2D eigenvalue weighted by Crippen LogP contribution is -2.62. The first-order chi connectivity index (χ1) is 17.6. The summed E-state index contributed by atoms with van der Waals surface area (Å²) in [4.78, 5) is 31.2. The van der Waals surface area contributed by atoms with Gasteiger partial charge >= 0.3 is 0 Å². The Kier molecular flexibility index (Phi) is 9.03. The van der Waals surface area contributed by atoms with Crippen LogP contribution in [0.25, 0.3) is 0 Å². The van der Waals surface area contributed by atoms with Gasteiger partial charge in [0.25, 0.3) is 11.8 Å². The summed E-state index contributed by atoms with van der Waals surface area (Å²) in [5.41, 5.74) is 2.06. The van der Waals surface area contributed by atoms with Crippen LogP contribution in [-0.4, -0.2) is 66.6 Å². The molecule has 6 heteroatoms. The maximum absolute atomic E-state index is 14.1. The second kappa shape index (κ2) is 12.4. The fourth-order valence-corrected chi connectivity index (χ4v) is 5.21. The Hall–Kier alpha value is -2.86. The van der Waals surface area contributed by atoms with Crippen LogP contribution in [0.3, 0.4) is 0 Å². The molecule has 2 aromatic rings. The Labute approximate surface area is 215 Å². The van der Waals surface area contributed by atoms with Crippen LogP contribution in [0, 0.1) is 0 Å². The van der Waals surface area contributed by atoms with Crippen LogP contribution in [0.5, 0.6) is 5.75 Å². The zero-order valence-electron chi connectivity index (χ0n) is 21.8. The van der Waals surface area contributed by atoms with Gasteiger partial charge in [0.1, 0.15) is 12.4 Å². The van der Waals surface area contributed by atoms with Crippen molar-refractivity contribution in [3.63, 3.8) is 0 Å². The Morgan fingerprint density at radius 3 is 2.58 bits per heavy atom. The molecule has 1 atom stereocenters. The van der Waals surface area contributed by atoms with E-state index in [-0.39, 0.29) is 11.8 Å². The maximum Gasteiger partial charge on any atom is 0.256 e. The van der Waals surface area contributed by atoms with Crippen molar-refractivity contribution < 1.29 is 19.1 Å². The minimum atomic E-state index is -1.01. The van der Waals surface area contributed by atoms with Crippen molar-refractivity contribution in [1.29, 1.82) is 0 Å². The molecule has 2 aliphatic heterocycles. The largest absolute Gasteiger partial charge is 0.491 e. The van der Waals surface area contributed by atoms with Crippen molar-refractivity contribution in [2.24, 2.45) is 0 Å². The fraction of sp³-hybridized carbons (Fsp3) is 0.533. The van der Waals surface area contributed by atoms with Crippen molar-refractivity contribution in [2.75, 3.05) is 39.4 Å². The van der Waals surface area contributed by atoms with Gasteiger partial charge in [-0.1, -0.05) is 50.6 Å². The number of carbonyl (C=O) groups excluding carboxylic acids is 2. The molecule has 2 heterocycles. The van der Waals surface area contributed by atoms with E-state index in [9.17, 15) is 9.59 Å². The number of para-hydroxylation sites is 1. The summed E-state index contributed by atoms with van der Waals surface area (Å²) in [7, 11) is 0. The quantitative estimate of drug-likeness (QED) is 0.596. The predicted octanol–water partition coefficient (Wildman–Crippen LogP) is 4.89. The number of hydrogen-bond acceptors (Lipinski definition) is 4. The van der Waals surface area contributed by atoms with Crippen LogP contribution in [0.1, 0.15) is 67.4 Å². The molecule has 0 radical (unpaired) electrons. The monoisotopic (exact) mass is 492 g/mol. The summed E-state index contributed by atoms with van der Waals surface area (Å²) in [5.74, 6) is 0.874. The van der Waals surface area contributed by atoms with Crippen LogP contribution in [-0.2, 0) is 22.4 Å². The minimum Gasteiger partial charge on any atom is -0.491 e. The van der Waals surface area contributed by atoms with Crippen LogP contribution in [0.15, 0.2) is 48.5 Å². The van der Waals surface area contributed by atoms with E-state index >= 15 is 0 Å². The molecule has 1 saturated heterocycles. The summed E-state index contributed by atoms with van der Waals surface area (Å²) in [6.07, 6.45) is 6.13. The van der Waals surface area contributed by atoms with Gasteiger partial charge in [0.05, 0.1) is 19.7 Å². The highest BCUT2D eigenvalue weighted by Gasteiger charge is 2.46. The number of amides is 2. The number of benzene rings is 2. The Balaban J connectivity index is 1.57. The molecule has 0 aromatic heterocycles. The average molecular weight is 493 g/mol. The van der Waals surface area contributed by atoms with Crippen molar-refractivity contribution in [2.45, 2.75) is 64.4 Å². The van der Waals surface area contributed by atoms with Crippen molar-refractivity contribution in [1.82, 2.24) is 9.80 Å². The number of rotatable bonds is 5. The topological polar surface area (TPSA) is 59.1 Å². The number of morpholine rings is 1. The molecule has 0 saturated carbocycles. The van der Waals surface area contributed by atoms with Gasteiger partial charge in [0, 0.05) is 18.7 Å². The molecule has 1 spiro atoms. The molecule has 2 aromatic carbocycles. The molecular formula is C30H40N2O4. The standard InChI is InChI=1S/C30H40N2O4/c1-3-5-18-31-19-21-35-27-12-7-6-10-25(27)11-8-9-17-30(29(31)34)23-32(20-22-36-30)28(33)26-15-13-24(4-2)14-16-26/h6-7,10,12-16H,3-5,8-9,11,17-23H2,1-2H3. The number of fused-ring (bicyclic) bond motifs is 1. The molecule has 2 amide bonds. The molecule has 1 unspecified atom stereocenters. The SMILES string of the molecule is CCCCN1CCOc2ccccc2CCCCC2(CN(C(=O)c3ccc(CC)cc3)CCO2)C1=O. The molecule has 6 nitrogen and oxygen atoms in total. The molecule has 0 aliphatic carbocycles. The summed E-state index contributed by atoms with van der Waals surface area (Å²) < 4.78 is 12.5.